The molecular formula is C23H31N5O2. The molecule has 2 fully saturated rings. The number of carbonyl (C=O) groups excluding carboxylic acids is 1. The molecule has 7 nitrogen and oxygen atoms in total. The highest BCUT2D eigenvalue weighted by atomic mass is 16.5. The number of nitrogens with zero attached hydrogens (tertiary/aromatic N) is 5. The lowest BCUT2D eigenvalue weighted by atomic mass is 10.0. The number of para-hydroxylation sites is 1. The highest BCUT2D eigenvalue weighted by molar-refractivity contribution is 5.97. The molecule has 0 bridgehead atoms. The standard InChI is InChI=1S/C23H31N5O2/c1-17-16-18(2)25-23(24-17)28-10-8-19(9-11-28)26-12-14-27(15-13-26)22(29)20-6-4-5-7-21(20)30-3/h4-7,16,19H,8-15H2,1-3H3. The summed E-state index contributed by atoms with van der Waals surface area (Å²) in [5.74, 6) is 1.57. The SMILES string of the molecule is COc1ccccc1C(=O)N1CCN(C2CCN(c3nc(C)cc(C)n3)CC2)CC1. The molecule has 1 amide bonds. The number of aryl methyl sites for hydroxylation is 2. The van der Waals surface area contributed by atoms with Gasteiger partial charge in [0.1, 0.15) is 5.75 Å². The van der Waals surface area contributed by atoms with Gasteiger partial charge in [-0.05, 0) is 44.9 Å². The Kier molecular flexibility index (Phi) is 6.18. The van der Waals surface area contributed by atoms with Crippen molar-refractivity contribution in [2.45, 2.75) is 32.7 Å². The Hall–Kier alpha value is -2.67. The van der Waals surface area contributed by atoms with Gasteiger partial charge in [0.05, 0.1) is 12.7 Å². The maximum absolute atomic E-state index is 12.9. The number of hydrogen-bond donors (Lipinski definition) is 0. The molecule has 0 spiro atoms. The van der Waals surface area contributed by atoms with Gasteiger partial charge in [0.25, 0.3) is 5.91 Å². The zero-order chi connectivity index (χ0) is 21.1. The van der Waals surface area contributed by atoms with E-state index in [0.717, 1.165) is 69.4 Å². The van der Waals surface area contributed by atoms with Gasteiger partial charge in [-0.15, -0.1) is 0 Å². The first-order chi connectivity index (χ1) is 14.5. The van der Waals surface area contributed by atoms with Gasteiger partial charge >= 0.3 is 0 Å². The number of rotatable bonds is 4. The molecule has 0 atom stereocenters. The van der Waals surface area contributed by atoms with E-state index in [1.54, 1.807) is 7.11 Å². The topological polar surface area (TPSA) is 61.8 Å². The molecule has 2 saturated heterocycles. The Labute approximate surface area is 178 Å². The summed E-state index contributed by atoms with van der Waals surface area (Å²) in [7, 11) is 1.61. The fourth-order valence-corrected chi connectivity index (χ4v) is 4.56. The van der Waals surface area contributed by atoms with Crippen LogP contribution in [0.5, 0.6) is 5.75 Å². The zero-order valence-electron chi connectivity index (χ0n) is 18.2. The number of methoxy groups -OCH3 is 1. The molecule has 0 N–H and O–H groups in total. The van der Waals surface area contributed by atoms with Crippen LogP contribution in [0.4, 0.5) is 5.95 Å². The van der Waals surface area contributed by atoms with Gasteiger partial charge in [-0.3, -0.25) is 9.69 Å². The van der Waals surface area contributed by atoms with Gasteiger partial charge in [0.2, 0.25) is 5.95 Å². The molecule has 30 heavy (non-hydrogen) atoms. The van der Waals surface area contributed by atoms with Crippen LogP contribution in [0.25, 0.3) is 0 Å². The van der Waals surface area contributed by atoms with Crippen LogP contribution < -0.4 is 9.64 Å². The van der Waals surface area contributed by atoms with E-state index < -0.39 is 0 Å². The molecule has 1 aromatic heterocycles. The van der Waals surface area contributed by atoms with Gasteiger partial charge in [-0.1, -0.05) is 12.1 Å². The van der Waals surface area contributed by atoms with Gasteiger partial charge < -0.3 is 14.5 Å². The Morgan fingerprint density at radius 2 is 1.60 bits per heavy atom. The third kappa shape index (κ3) is 4.41. The van der Waals surface area contributed by atoms with Crippen molar-refractivity contribution >= 4 is 11.9 Å². The van der Waals surface area contributed by atoms with Crippen molar-refractivity contribution in [1.29, 1.82) is 0 Å². The summed E-state index contributed by atoms with van der Waals surface area (Å²) in [4.78, 5) is 29.0. The first-order valence-corrected chi connectivity index (χ1v) is 10.8. The summed E-state index contributed by atoms with van der Waals surface area (Å²) in [6, 6.07) is 10.1. The van der Waals surface area contributed by atoms with E-state index in [1.165, 1.54) is 0 Å². The van der Waals surface area contributed by atoms with Crippen LogP contribution in [-0.2, 0) is 0 Å². The second-order valence-electron chi connectivity index (χ2n) is 8.20. The molecule has 3 heterocycles. The van der Waals surface area contributed by atoms with E-state index in [2.05, 4.69) is 19.8 Å². The van der Waals surface area contributed by atoms with Crippen molar-refractivity contribution in [3.8, 4) is 5.75 Å². The van der Waals surface area contributed by atoms with Crippen LogP contribution in [0, 0.1) is 13.8 Å². The number of piperidine rings is 1. The maximum Gasteiger partial charge on any atom is 0.257 e. The van der Waals surface area contributed by atoms with Gasteiger partial charge in [0.15, 0.2) is 0 Å². The van der Waals surface area contributed by atoms with Crippen LogP contribution in [-0.4, -0.2) is 78.1 Å². The van der Waals surface area contributed by atoms with E-state index in [-0.39, 0.29) is 5.91 Å². The monoisotopic (exact) mass is 409 g/mol. The van der Waals surface area contributed by atoms with E-state index >= 15 is 0 Å². The molecule has 2 aromatic rings. The number of benzene rings is 1. The molecule has 0 saturated carbocycles. The molecule has 160 valence electrons. The summed E-state index contributed by atoms with van der Waals surface area (Å²) in [5, 5.41) is 0. The van der Waals surface area contributed by atoms with Crippen LogP contribution in [0.15, 0.2) is 30.3 Å². The first-order valence-electron chi connectivity index (χ1n) is 10.8. The second-order valence-corrected chi connectivity index (χ2v) is 8.20. The number of aromatic nitrogens is 2. The zero-order valence-corrected chi connectivity index (χ0v) is 18.2. The number of ether oxygens (including phenoxy) is 1. The van der Waals surface area contributed by atoms with Crippen molar-refractivity contribution in [3.05, 3.63) is 47.3 Å². The Morgan fingerprint density at radius 1 is 0.967 bits per heavy atom. The minimum Gasteiger partial charge on any atom is -0.496 e. The van der Waals surface area contributed by atoms with Crippen molar-refractivity contribution in [2.24, 2.45) is 0 Å². The third-order valence-electron chi connectivity index (χ3n) is 6.17. The minimum absolute atomic E-state index is 0.0638. The fourth-order valence-electron chi connectivity index (χ4n) is 4.56. The summed E-state index contributed by atoms with van der Waals surface area (Å²) in [5.41, 5.74) is 2.70. The average Bonchev–Trinajstić information content (AvgIpc) is 2.78. The third-order valence-corrected chi connectivity index (χ3v) is 6.17. The van der Waals surface area contributed by atoms with Crippen LogP contribution in [0.2, 0.25) is 0 Å². The number of amides is 1. The van der Waals surface area contributed by atoms with E-state index in [1.807, 2.05) is 49.1 Å². The van der Waals surface area contributed by atoms with Gasteiger partial charge in [0, 0.05) is 56.7 Å². The predicted octanol–water partition coefficient (Wildman–Crippen LogP) is 2.53. The lowest BCUT2D eigenvalue weighted by Crippen LogP contribution is -2.54. The maximum atomic E-state index is 12.9. The molecule has 1 aromatic carbocycles. The summed E-state index contributed by atoms with van der Waals surface area (Å²) in [6.45, 7) is 9.38. The van der Waals surface area contributed by atoms with Crippen LogP contribution in [0.1, 0.15) is 34.6 Å². The Morgan fingerprint density at radius 3 is 2.23 bits per heavy atom. The molecule has 0 radical (unpaired) electrons. The molecule has 7 heteroatoms. The van der Waals surface area contributed by atoms with Crippen molar-refractivity contribution in [1.82, 2.24) is 19.8 Å². The Balaban J connectivity index is 1.30. The lowest BCUT2D eigenvalue weighted by molar-refractivity contribution is 0.0537. The van der Waals surface area contributed by atoms with Crippen molar-refractivity contribution in [2.75, 3.05) is 51.3 Å². The minimum atomic E-state index is 0.0638. The normalized spacial score (nSPS) is 18.5. The molecule has 0 aliphatic carbocycles. The van der Waals surface area contributed by atoms with E-state index in [0.29, 0.717) is 17.4 Å². The fraction of sp³-hybridized carbons (Fsp3) is 0.522. The second kappa shape index (κ2) is 9.00. The smallest absolute Gasteiger partial charge is 0.257 e. The number of anilines is 1. The highest BCUT2D eigenvalue weighted by Gasteiger charge is 2.30. The van der Waals surface area contributed by atoms with E-state index in [9.17, 15) is 4.79 Å². The van der Waals surface area contributed by atoms with Crippen molar-refractivity contribution in [3.63, 3.8) is 0 Å². The quantitative estimate of drug-likeness (QED) is 0.773. The predicted molar refractivity (Wildman–Crippen MR) is 117 cm³/mol. The van der Waals surface area contributed by atoms with Crippen LogP contribution >= 0.6 is 0 Å². The molecule has 2 aliphatic rings. The number of carbonyl (C=O) groups is 1. The molecular weight excluding hydrogens is 378 g/mol. The number of hydrogen-bond acceptors (Lipinski definition) is 6. The summed E-state index contributed by atoms with van der Waals surface area (Å²) < 4.78 is 5.36. The lowest BCUT2D eigenvalue weighted by Gasteiger charge is -2.42. The largest absolute Gasteiger partial charge is 0.496 e. The van der Waals surface area contributed by atoms with Gasteiger partial charge in [-0.2, -0.15) is 0 Å². The number of piperazine rings is 1. The van der Waals surface area contributed by atoms with E-state index in [4.69, 9.17) is 4.74 Å². The average molecular weight is 410 g/mol. The first kappa shape index (κ1) is 20.6. The van der Waals surface area contributed by atoms with Gasteiger partial charge in [-0.25, -0.2) is 9.97 Å². The van der Waals surface area contributed by atoms with Crippen LogP contribution in [0.3, 0.4) is 0 Å². The Bertz CT molecular complexity index is 867. The molecule has 0 unspecified atom stereocenters. The summed E-state index contributed by atoms with van der Waals surface area (Å²) >= 11 is 0. The summed E-state index contributed by atoms with van der Waals surface area (Å²) in [6.07, 6.45) is 2.22. The highest BCUT2D eigenvalue weighted by Crippen LogP contribution is 2.24. The molecule has 2 aliphatic heterocycles. The van der Waals surface area contributed by atoms with Crippen molar-refractivity contribution < 1.29 is 9.53 Å². The molecule has 4 rings (SSSR count).